The molecule has 24 heavy (non-hydrogen) atoms. The molecule has 1 aliphatic heterocycles. The van der Waals surface area contributed by atoms with Crippen molar-refractivity contribution in [3.63, 3.8) is 0 Å². The largest absolute Gasteiger partial charge is 0.384 e. The smallest absolute Gasteiger partial charge is 0.255 e. The van der Waals surface area contributed by atoms with Gasteiger partial charge in [0.25, 0.3) is 5.91 Å². The minimum absolute atomic E-state index is 0.0468. The van der Waals surface area contributed by atoms with Crippen LogP contribution in [0, 0.1) is 0 Å². The highest BCUT2D eigenvalue weighted by molar-refractivity contribution is 7.89. The Bertz CT molecular complexity index is 830. The molecule has 0 aromatic carbocycles. The van der Waals surface area contributed by atoms with Gasteiger partial charge in [-0.25, -0.2) is 13.4 Å². The maximum Gasteiger partial charge on any atom is 0.255 e. The number of carbonyl (C=O) groups excluding carboxylic acids is 1. The molecule has 3 heterocycles. The van der Waals surface area contributed by atoms with E-state index in [-0.39, 0.29) is 31.4 Å². The van der Waals surface area contributed by atoms with E-state index in [9.17, 15) is 13.2 Å². The SMILES string of the molecule is COCCS(=O)(=O)N1CCN(C(=O)c2cnc3nsnc3c2)CC1. The topological polar surface area (TPSA) is 106 Å². The third-order valence-corrected chi connectivity index (χ3v) is 6.19. The summed E-state index contributed by atoms with van der Waals surface area (Å²) in [5.74, 6) is -0.221. The molecule has 11 heteroatoms. The molecular weight excluding hydrogens is 354 g/mol. The van der Waals surface area contributed by atoms with Crippen LogP contribution in [0.5, 0.6) is 0 Å². The van der Waals surface area contributed by atoms with Gasteiger partial charge in [-0.1, -0.05) is 0 Å². The fourth-order valence-corrected chi connectivity index (χ4v) is 4.31. The van der Waals surface area contributed by atoms with Gasteiger partial charge in [-0.2, -0.15) is 13.1 Å². The lowest BCUT2D eigenvalue weighted by atomic mass is 10.2. The summed E-state index contributed by atoms with van der Waals surface area (Å²) in [7, 11) is -1.87. The standard InChI is InChI=1S/C13H17N5O4S2/c1-22-6-7-24(20,21)18-4-2-17(3-5-18)13(19)10-8-11-12(14-9-10)16-23-15-11/h8-9H,2-7H2,1H3. The van der Waals surface area contributed by atoms with Crippen molar-refractivity contribution in [2.75, 3.05) is 45.6 Å². The van der Waals surface area contributed by atoms with Crippen molar-refractivity contribution in [3.8, 4) is 0 Å². The van der Waals surface area contributed by atoms with Gasteiger partial charge >= 0.3 is 0 Å². The van der Waals surface area contributed by atoms with Crippen molar-refractivity contribution in [1.82, 2.24) is 22.9 Å². The summed E-state index contributed by atoms with van der Waals surface area (Å²) in [6.07, 6.45) is 1.48. The van der Waals surface area contributed by atoms with E-state index >= 15 is 0 Å². The summed E-state index contributed by atoms with van der Waals surface area (Å²) < 4.78 is 38.6. The summed E-state index contributed by atoms with van der Waals surface area (Å²) in [6.45, 7) is 1.42. The number of fused-ring (bicyclic) bond motifs is 1. The van der Waals surface area contributed by atoms with E-state index in [1.807, 2.05) is 0 Å². The number of ether oxygens (including phenoxy) is 1. The quantitative estimate of drug-likeness (QED) is 0.718. The van der Waals surface area contributed by atoms with Crippen molar-refractivity contribution in [1.29, 1.82) is 0 Å². The first kappa shape index (κ1) is 17.1. The monoisotopic (exact) mass is 371 g/mol. The molecule has 0 saturated carbocycles. The Morgan fingerprint density at radius 3 is 2.75 bits per heavy atom. The Balaban J connectivity index is 1.64. The van der Waals surface area contributed by atoms with Crippen molar-refractivity contribution < 1.29 is 17.9 Å². The lowest BCUT2D eigenvalue weighted by Gasteiger charge is -2.34. The molecule has 1 fully saturated rings. The molecule has 1 aliphatic rings. The Labute approximate surface area is 143 Å². The zero-order valence-corrected chi connectivity index (χ0v) is 14.7. The first-order chi connectivity index (χ1) is 11.5. The zero-order chi connectivity index (χ0) is 17.2. The lowest BCUT2D eigenvalue weighted by Crippen LogP contribution is -2.51. The second-order valence-electron chi connectivity index (χ2n) is 5.33. The summed E-state index contributed by atoms with van der Waals surface area (Å²) in [5.41, 5.74) is 1.54. The number of pyridine rings is 1. The molecule has 0 radical (unpaired) electrons. The average molecular weight is 371 g/mol. The maximum atomic E-state index is 12.5. The van der Waals surface area contributed by atoms with Crippen LogP contribution in [0.3, 0.4) is 0 Å². The highest BCUT2D eigenvalue weighted by Crippen LogP contribution is 2.15. The number of nitrogens with zero attached hydrogens (tertiary/aromatic N) is 5. The molecule has 0 spiro atoms. The molecule has 130 valence electrons. The van der Waals surface area contributed by atoms with Gasteiger partial charge in [0.1, 0.15) is 5.52 Å². The van der Waals surface area contributed by atoms with Crippen LogP contribution >= 0.6 is 11.7 Å². The number of aromatic nitrogens is 3. The van der Waals surface area contributed by atoms with Gasteiger partial charge in [0.2, 0.25) is 10.0 Å². The Morgan fingerprint density at radius 2 is 2.04 bits per heavy atom. The number of rotatable bonds is 5. The highest BCUT2D eigenvalue weighted by atomic mass is 32.2. The van der Waals surface area contributed by atoms with Gasteiger partial charge in [0, 0.05) is 39.5 Å². The van der Waals surface area contributed by atoms with Gasteiger partial charge in [-0.3, -0.25) is 4.79 Å². The molecule has 0 unspecified atom stereocenters. The predicted molar refractivity (Wildman–Crippen MR) is 88.3 cm³/mol. The number of amides is 1. The Morgan fingerprint density at radius 1 is 1.29 bits per heavy atom. The van der Waals surface area contributed by atoms with Crippen LogP contribution in [0.1, 0.15) is 10.4 Å². The molecule has 2 aromatic rings. The second-order valence-corrected chi connectivity index (χ2v) is 7.95. The van der Waals surface area contributed by atoms with Gasteiger partial charge in [-0.05, 0) is 6.07 Å². The third-order valence-electron chi connectivity index (χ3n) is 3.83. The van der Waals surface area contributed by atoms with Crippen LogP contribution in [0.4, 0.5) is 0 Å². The maximum absolute atomic E-state index is 12.5. The van der Waals surface area contributed by atoms with Gasteiger partial charge in [0.15, 0.2) is 5.65 Å². The molecular formula is C13H17N5O4S2. The van der Waals surface area contributed by atoms with Crippen LogP contribution in [0.25, 0.3) is 11.2 Å². The average Bonchev–Trinajstić information content (AvgIpc) is 3.07. The van der Waals surface area contributed by atoms with Gasteiger partial charge in [0.05, 0.1) is 29.7 Å². The summed E-state index contributed by atoms with van der Waals surface area (Å²) in [6, 6.07) is 1.66. The highest BCUT2D eigenvalue weighted by Gasteiger charge is 2.29. The molecule has 1 amide bonds. The summed E-state index contributed by atoms with van der Waals surface area (Å²) >= 11 is 1.05. The Kier molecular flexibility index (Phi) is 5.04. The molecule has 0 aliphatic carbocycles. The number of hydrogen-bond acceptors (Lipinski definition) is 8. The number of hydrogen-bond donors (Lipinski definition) is 0. The first-order valence-electron chi connectivity index (χ1n) is 7.35. The minimum atomic E-state index is -3.34. The van der Waals surface area contributed by atoms with Crippen LogP contribution in [0.2, 0.25) is 0 Å². The predicted octanol–water partition coefficient (Wildman–Crippen LogP) is -0.180. The molecule has 0 atom stereocenters. The fourth-order valence-electron chi connectivity index (χ4n) is 2.47. The van der Waals surface area contributed by atoms with Crippen LogP contribution in [-0.4, -0.2) is 82.9 Å². The number of piperazine rings is 1. The van der Waals surface area contributed by atoms with E-state index in [2.05, 4.69) is 13.7 Å². The van der Waals surface area contributed by atoms with E-state index < -0.39 is 10.0 Å². The zero-order valence-electron chi connectivity index (χ0n) is 13.1. The van der Waals surface area contributed by atoms with Crippen molar-refractivity contribution in [2.24, 2.45) is 0 Å². The van der Waals surface area contributed by atoms with E-state index in [0.29, 0.717) is 29.8 Å². The van der Waals surface area contributed by atoms with Crippen molar-refractivity contribution in [3.05, 3.63) is 17.8 Å². The molecule has 1 saturated heterocycles. The minimum Gasteiger partial charge on any atom is -0.384 e. The van der Waals surface area contributed by atoms with Gasteiger partial charge < -0.3 is 9.64 Å². The third kappa shape index (κ3) is 3.53. The van der Waals surface area contributed by atoms with Crippen LogP contribution in [-0.2, 0) is 14.8 Å². The normalized spacial score (nSPS) is 16.6. The van der Waals surface area contributed by atoms with Crippen LogP contribution in [0.15, 0.2) is 12.3 Å². The van der Waals surface area contributed by atoms with Crippen molar-refractivity contribution in [2.45, 2.75) is 0 Å². The molecule has 9 nitrogen and oxygen atoms in total. The first-order valence-corrected chi connectivity index (χ1v) is 9.69. The number of carbonyl (C=O) groups is 1. The van der Waals surface area contributed by atoms with Crippen molar-refractivity contribution >= 4 is 38.8 Å². The molecule has 0 bridgehead atoms. The Hall–Kier alpha value is -1.69. The second kappa shape index (κ2) is 7.05. The van der Waals surface area contributed by atoms with E-state index in [1.54, 1.807) is 11.0 Å². The van der Waals surface area contributed by atoms with E-state index in [0.717, 1.165) is 11.7 Å². The van der Waals surface area contributed by atoms with Crippen LogP contribution < -0.4 is 0 Å². The van der Waals surface area contributed by atoms with E-state index in [1.165, 1.54) is 17.6 Å². The summed E-state index contributed by atoms with van der Waals surface area (Å²) in [4.78, 5) is 18.3. The molecule has 0 N–H and O–H groups in total. The fraction of sp³-hybridized carbons (Fsp3) is 0.538. The lowest BCUT2D eigenvalue weighted by molar-refractivity contribution is 0.0697. The number of methoxy groups -OCH3 is 1. The molecule has 3 rings (SSSR count). The van der Waals surface area contributed by atoms with E-state index in [4.69, 9.17) is 4.74 Å². The summed E-state index contributed by atoms with van der Waals surface area (Å²) in [5, 5.41) is 0. The van der Waals surface area contributed by atoms with Gasteiger partial charge in [-0.15, -0.1) is 0 Å². The molecule has 2 aromatic heterocycles. The number of sulfonamides is 1.